The van der Waals surface area contributed by atoms with Gasteiger partial charge in [-0.15, -0.1) is 0 Å². The van der Waals surface area contributed by atoms with Crippen LogP contribution in [0.2, 0.25) is 0 Å². The molecule has 1 amide bonds. The monoisotopic (exact) mass is 1120 g/mol. The number of ether oxygens (including phenoxy) is 3. The number of aliphatic hydroxyl groups excluding tert-OH is 5. The van der Waals surface area contributed by atoms with Crippen LogP contribution >= 0.6 is 0 Å². The molecule has 1 aliphatic heterocycles. The third kappa shape index (κ3) is 46.8. The summed E-state index contributed by atoms with van der Waals surface area (Å²) in [5.74, 6) is -0.195. The lowest BCUT2D eigenvalue weighted by atomic mass is 9.99. The molecule has 11 nitrogen and oxygen atoms in total. The van der Waals surface area contributed by atoms with Gasteiger partial charge in [0.1, 0.15) is 24.4 Å². The van der Waals surface area contributed by atoms with Gasteiger partial charge in [0.25, 0.3) is 0 Å². The zero-order chi connectivity index (χ0) is 57.3. The van der Waals surface area contributed by atoms with Crippen molar-refractivity contribution in [3.63, 3.8) is 0 Å². The molecule has 79 heavy (non-hydrogen) atoms. The molecule has 0 aromatic rings. The lowest BCUT2D eigenvalue weighted by Gasteiger charge is -2.40. The average Bonchev–Trinajstić information content (AvgIpc) is 3.45. The number of carbonyl (C=O) groups is 2. The standard InChI is InChI=1S/C68H125NO10/c1-3-5-7-9-11-13-15-31-35-38-42-46-50-54-61(71)60(59-78-68-67(76)66(75)65(74)62(58-70)79-68)69-63(72)55-51-47-43-39-36-32-29-27-25-23-21-19-17-16-18-20-22-24-26-28-30-33-37-41-45-49-53-57-77-64(73)56-52-48-44-40-34-14-12-10-8-6-4-2/h10,12,16-17,20,22,50,54,60-62,65-68,70-71,74-76H,3-9,11,13-15,18-19,21,23-49,51-53,55-59H2,1-2H3,(H,69,72)/b12-10-,17-16-,22-20-,54-50+. The van der Waals surface area contributed by atoms with E-state index in [1.54, 1.807) is 6.08 Å². The van der Waals surface area contributed by atoms with Gasteiger partial charge in [0.2, 0.25) is 5.91 Å². The molecule has 1 rings (SSSR count). The van der Waals surface area contributed by atoms with Crippen LogP contribution in [0.15, 0.2) is 48.6 Å². The summed E-state index contributed by atoms with van der Waals surface area (Å²) in [5, 5.41) is 54.5. The van der Waals surface area contributed by atoms with Crippen molar-refractivity contribution in [3.8, 4) is 0 Å². The molecule has 1 heterocycles. The van der Waals surface area contributed by atoms with Gasteiger partial charge in [0.15, 0.2) is 6.29 Å². The van der Waals surface area contributed by atoms with E-state index in [-0.39, 0.29) is 18.5 Å². The molecule has 7 atom stereocenters. The molecule has 1 saturated heterocycles. The first-order chi connectivity index (χ1) is 38.7. The van der Waals surface area contributed by atoms with E-state index in [1.165, 1.54) is 212 Å². The maximum Gasteiger partial charge on any atom is 0.305 e. The molecule has 0 radical (unpaired) electrons. The number of carbonyl (C=O) groups excluding carboxylic acids is 2. The number of esters is 1. The lowest BCUT2D eigenvalue weighted by molar-refractivity contribution is -0.302. The molecule has 0 aromatic heterocycles. The van der Waals surface area contributed by atoms with Gasteiger partial charge in [-0.3, -0.25) is 9.59 Å². The molecule has 0 bridgehead atoms. The van der Waals surface area contributed by atoms with Crippen LogP contribution in [0.1, 0.15) is 309 Å². The Balaban J connectivity index is 2.03. The SMILES string of the molecule is CCCC/C=C\CCCCCCCC(=O)OCCCCCCCCCCC/C=C\C/C=C\CCCCCCCCCCCCCC(=O)NC(COC1OC(CO)C(O)C(O)C1O)C(O)/C=C/CCCCCCCCCCCCC. The molecule has 6 N–H and O–H groups in total. The lowest BCUT2D eigenvalue weighted by Crippen LogP contribution is -2.60. The van der Waals surface area contributed by atoms with Crippen LogP contribution < -0.4 is 5.32 Å². The summed E-state index contributed by atoms with van der Waals surface area (Å²) < 4.78 is 16.7. The minimum atomic E-state index is -1.57. The van der Waals surface area contributed by atoms with Crippen LogP contribution in [0.5, 0.6) is 0 Å². The molecule has 462 valence electrons. The Morgan fingerprint density at radius 1 is 0.468 bits per heavy atom. The van der Waals surface area contributed by atoms with E-state index >= 15 is 0 Å². The molecule has 0 aliphatic carbocycles. The Morgan fingerprint density at radius 2 is 0.861 bits per heavy atom. The third-order valence-corrected chi connectivity index (χ3v) is 15.7. The van der Waals surface area contributed by atoms with Crippen molar-refractivity contribution in [2.45, 2.75) is 352 Å². The number of hydrogen-bond acceptors (Lipinski definition) is 10. The highest BCUT2D eigenvalue weighted by Crippen LogP contribution is 2.23. The summed E-state index contributed by atoms with van der Waals surface area (Å²) in [6, 6.07) is -0.813. The van der Waals surface area contributed by atoms with E-state index in [2.05, 4.69) is 55.6 Å². The molecule has 0 saturated carbocycles. The number of nitrogens with one attached hydrogen (secondary N) is 1. The fourth-order valence-electron chi connectivity index (χ4n) is 10.3. The number of amides is 1. The fourth-order valence-corrected chi connectivity index (χ4v) is 10.3. The van der Waals surface area contributed by atoms with Crippen LogP contribution in [0.3, 0.4) is 0 Å². The minimum absolute atomic E-state index is 0.0103. The molecule has 11 heteroatoms. The van der Waals surface area contributed by atoms with E-state index < -0.39 is 49.5 Å². The number of allylic oxidation sites excluding steroid dienone is 7. The van der Waals surface area contributed by atoms with E-state index in [1.807, 2.05) is 6.08 Å². The smallest absolute Gasteiger partial charge is 0.305 e. The number of aliphatic hydroxyl groups is 5. The van der Waals surface area contributed by atoms with Crippen LogP contribution in [0.25, 0.3) is 0 Å². The summed E-state index contributed by atoms with van der Waals surface area (Å²) in [6.07, 6.45) is 63.6. The van der Waals surface area contributed by atoms with Crippen molar-refractivity contribution < 1.29 is 49.3 Å². The van der Waals surface area contributed by atoms with E-state index in [0.717, 1.165) is 70.6 Å². The third-order valence-electron chi connectivity index (χ3n) is 15.7. The highest BCUT2D eigenvalue weighted by molar-refractivity contribution is 5.76. The molecule has 1 fully saturated rings. The van der Waals surface area contributed by atoms with Crippen LogP contribution in [0.4, 0.5) is 0 Å². The van der Waals surface area contributed by atoms with Crippen LogP contribution in [-0.4, -0.2) is 100 Å². The van der Waals surface area contributed by atoms with Crippen molar-refractivity contribution in [2.75, 3.05) is 19.8 Å². The maximum absolute atomic E-state index is 13.1. The summed E-state index contributed by atoms with van der Waals surface area (Å²) in [5.41, 5.74) is 0. The first-order valence-electron chi connectivity index (χ1n) is 33.4. The van der Waals surface area contributed by atoms with Gasteiger partial charge in [0, 0.05) is 12.8 Å². The Bertz CT molecular complexity index is 1450. The Kier molecular flexibility index (Phi) is 54.3. The second kappa shape index (κ2) is 57.4. The summed E-state index contributed by atoms with van der Waals surface area (Å²) >= 11 is 0. The molecule has 1 aliphatic rings. The first-order valence-corrected chi connectivity index (χ1v) is 33.4. The number of hydrogen-bond donors (Lipinski definition) is 6. The normalized spacial score (nSPS) is 18.7. The van der Waals surface area contributed by atoms with Gasteiger partial charge < -0.3 is 45.1 Å². The summed E-state index contributed by atoms with van der Waals surface area (Å²) in [7, 11) is 0. The van der Waals surface area contributed by atoms with Crippen molar-refractivity contribution in [3.05, 3.63) is 48.6 Å². The quantitative estimate of drug-likeness (QED) is 0.0195. The first kappa shape index (κ1) is 74.6. The average molecular weight is 1120 g/mol. The van der Waals surface area contributed by atoms with E-state index in [9.17, 15) is 35.1 Å². The van der Waals surface area contributed by atoms with Gasteiger partial charge in [-0.2, -0.15) is 0 Å². The number of unbranched alkanes of at least 4 members (excludes halogenated alkanes) is 38. The highest BCUT2D eigenvalue weighted by atomic mass is 16.7. The van der Waals surface area contributed by atoms with Gasteiger partial charge in [0.05, 0.1) is 32.0 Å². The van der Waals surface area contributed by atoms with E-state index in [4.69, 9.17) is 14.2 Å². The van der Waals surface area contributed by atoms with Crippen molar-refractivity contribution >= 4 is 11.9 Å². The van der Waals surface area contributed by atoms with Gasteiger partial charge in [-0.1, -0.05) is 262 Å². The topological polar surface area (TPSA) is 175 Å². The van der Waals surface area contributed by atoms with Crippen molar-refractivity contribution in [1.82, 2.24) is 5.32 Å². The van der Waals surface area contributed by atoms with Crippen LogP contribution in [0, 0.1) is 0 Å². The van der Waals surface area contributed by atoms with Gasteiger partial charge >= 0.3 is 5.97 Å². The Morgan fingerprint density at radius 3 is 1.33 bits per heavy atom. The second-order valence-corrected chi connectivity index (χ2v) is 23.2. The van der Waals surface area contributed by atoms with Gasteiger partial charge in [-0.25, -0.2) is 0 Å². The summed E-state index contributed by atoms with van der Waals surface area (Å²) in [6.45, 7) is 4.31. The minimum Gasteiger partial charge on any atom is -0.466 e. The highest BCUT2D eigenvalue weighted by Gasteiger charge is 2.44. The summed E-state index contributed by atoms with van der Waals surface area (Å²) in [4.78, 5) is 25.1. The largest absolute Gasteiger partial charge is 0.466 e. The zero-order valence-electron chi connectivity index (χ0n) is 51.1. The molecular formula is C68H125NO10. The van der Waals surface area contributed by atoms with Crippen molar-refractivity contribution in [1.29, 1.82) is 0 Å². The fraction of sp³-hybridized carbons (Fsp3) is 0.853. The molecule has 7 unspecified atom stereocenters. The maximum atomic E-state index is 13.1. The molecule has 0 spiro atoms. The Labute approximate surface area is 485 Å². The van der Waals surface area contributed by atoms with Gasteiger partial charge in [-0.05, 0) is 83.5 Å². The molecule has 0 aromatic carbocycles. The Hall–Kier alpha value is -2.38. The number of rotatable bonds is 58. The van der Waals surface area contributed by atoms with Crippen molar-refractivity contribution in [2.24, 2.45) is 0 Å². The second-order valence-electron chi connectivity index (χ2n) is 23.2. The predicted molar refractivity (Wildman–Crippen MR) is 329 cm³/mol. The van der Waals surface area contributed by atoms with E-state index in [0.29, 0.717) is 19.4 Å². The predicted octanol–water partition coefficient (Wildman–Crippen LogP) is 16.4. The van der Waals surface area contributed by atoms with Crippen LogP contribution in [-0.2, 0) is 23.8 Å². The molecular weight excluding hydrogens is 991 g/mol. The zero-order valence-corrected chi connectivity index (χ0v) is 51.1.